The van der Waals surface area contributed by atoms with Crippen LogP contribution in [-0.4, -0.2) is 26.1 Å². The van der Waals surface area contributed by atoms with Crippen LogP contribution in [0.1, 0.15) is 12.8 Å². The van der Waals surface area contributed by atoms with E-state index in [9.17, 15) is 4.39 Å². The van der Waals surface area contributed by atoms with Gasteiger partial charge < -0.3 is 9.88 Å². The van der Waals surface area contributed by atoms with Crippen LogP contribution in [0.4, 0.5) is 10.2 Å². The van der Waals surface area contributed by atoms with Crippen LogP contribution in [0.3, 0.4) is 0 Å². The minimum Gasteiger partial charge on any atom is -0.367 e. The van der Waals surface area contributed by atoms with Crippen LogP contribution in [0.25, 0.3) is 0 Å². The van der Waals surface area contributed by atoms with Gasteiger partial charge in [-0.25, -0.2) is 14.4 Å². The van der Waals surface area contributed by atoms with Crippen molar-refractivity contribution in [2.75, 3.05) is 11.9 Å². The molecule has 1 N–H and O–H groups in total. The Bertz CT molecular complexity index is 488. The van der Waals surface area contributed by atoms with E-state index >= 15 is 0 Å². The Morgan fingerprint density at radius 2 is 2.28 bits per heavy atom. The Balaban J connectivity index is 1.70. The molecule has 0 amide bonds. The van der Waals surface area contributed by atoms with Crippen molar-refractivity contribution in [3.8, 4) is 0 Å². The average Bonchev–Trinajstić information content (AvgIpc) is 2.86. The molecule has 0 spiro atoms. The van der Waals surface area contributed by atoms with Gasteiger partial charge in [0.15, 0.2) is 11.6 Å². The van der Waals surface area contributed by atoms with Gasteiger partial charge in [-0.15, -0.1) is 0 Å². The highest BCUT2D eigenvalue weighted by Crippen LogP contribution is 2.11. The molecule has 0 unspecified atom stereocenters. The Morgan fingerprint density at radius 1 is 1.39 bits per heavy atom. The van der Waals surface area contributed by atoms with Crippen LogP contribution in [0.15, 0.2) is 24.9 Å². The third-order valence-corrected chi connectivity index (χ3v) is 2.59. The molecule has 2 rings (SSSR count). The van der Waals surface area contributed by atoms with Crippen LogP contribution in [-0.2, 0) is 6.54 Å². The quantitative estimate of drug-likeness (QED) is 0.646. The van der Waals surface area contributed by atoms with E-state index in [0.717, 1.165) is 25.6 Å². The molecule has 0 atom stereocenters. The Hall–Kier alpha value is -1.69. The first-order valence-electron chi connectivity index (χ1n) is 5.63. The maximum atomic E-state index is 13.2. The van der Waals surface area contributed by atoms with Gasteiger partial charge in [-0.2, -0.15) is 4.98 Å². The van der Waals surface area contributed by atoms with Gasteiger partial charge in [0.25, 0.3) is 0 Å². The maximum Gasteiger partial charge on any atom is 0.224 e. The molecule has 0 saturated heterocycles. The maximum absolute atomic E-state index is 13.2. The number of rotatable bonds is 6. The highest BCUT2D eigenvalue weighted by molar-refractivity contribution is 6.28. The van der Waals surface area contributed by atoms with E-state index < -0.39 is 5.82 Å². The smallest absolute Gasteiger partial charge is 0.224 e. The van der Waals surface area contributed by atoms with Crippen molar-refractivity contribution in [1.82, 2.24) is 19.5 Å². The molecule has 0 fully saturated rings. The SMILES string of the molecule is Fc1cnc(Cl)nc1NCCCCn1ccnc1. The van der Waals surface area contributed by atoms with Crippen molar-refractivity contribution in [3.05, 3.63) is 36.0 Å². The second-order valence-electron chi connectivity index (χ2n) is 3.77. The van der Waals surface area contributed by atoms with Crippen molar-refractivity contribution < 1.29 is 4.39 Å². The van der Waals surface area contributed by atoms with Gasteiger partial charge in [0.1, 0.15) is 0 Å². The average molecular weight is 270 g/mol. The lowest BCUT2D eigenvalue weighted by Gasteiger charge is -2.06. The van der Waals surface area contributed by atoms with Gasteiger partial charge in [0.2, 0.25) is 5.28 Å². The minimum atomic E-state index is -0.492. The highest BCUT2D eigenvalue weighted by atomic mass is 35.5. The van der Waals surface area contributed by atoms with Gasteiger partial charge in [-0.3, -0.25) is 0 Å². The van der Waals surface area contributed by atoms with Crippen molar-refractivity contribution >= 4 is 17.4 Å². The van der Waals surface area contributed by atoms with Crippen LogP contribution >= 0.6 is 11.6 Å². The highest BCUT2D eigenvalue weighted by Gasteiger charge is 2.04. The zero-order valence-corrected chi connectivity index (χ0v) is 10.4. The van der Waals surface area contributed by atoms with Crippen molar-refractivity contribution in [2.24, 2.45) is 0 Å². The number of nitrogens with one attached hydrogen (secondary N) is 1. The summed E-state index contributed by atoms with van der Waals surface area (Å²) >= 11 is 5.59. The number of halogens is 2. The molecule has 7 heteroatoms. The van der Waals surface area contributed by atoms with Crippen LogP contribution in [0, 0.1) is 5.82 Å². The van der Waals surface area contributed by atoms with Crippen molar-refractivity contribution in [1.29, 1.82) is 0 Å². The summed E-state index contributed by atoms with van der Waals surface area (Å²) in [4.78, 5) is 11.3. The summed E-state index contributed by atoms with van der Waals surface area (Å²) in [7, 11) is 0. The van der Waals surface area contributed by atoms with Crippen molar-refractivity contribution in [3.63, 3.8) is 0 Å². The molecular formula is C11H13ClFN5. The van der Waals surface area contributed by atoms with E-state index in [-0.39, 0.29) is 11.1 Å². The lowest BCUT2D eigenvalue weighted by molar-refractivity contribution is 0.606. The largest absolute Gasteiger partial charge is 0.367 e. The molecule has 2 aromatic heterocycles. The Kier molecular flexibility index (Phi) is 4.46. The number of aryl methyl sites for hydroxylation is 1. The van der Waals surface area contributed by atoms with Crippen molar-refractivity contribution in [2.45, 2.75) is 19.4 Å². The van der Waals surface area contributed by atoms with E-state index in [1.165, 1.54) is 0 Å². The summed E-state index contributed by atoms with van der Waals surface area (Å²) < 4.78 is 15.2. The molecule has 2 heterocycles. The molecular weight excluding hydrogens is 257 g/mol. The topological polar surface area (TPSA) is 55.6 Å². The zero-order valence-electron chi connectivity index (χ0n) is 9.68. The van der Waals surface area contributed by atoms with E-state index in [2.05, 4.69) is 20.3 Å². The van der Waals surface area contributed by atoms with Gasteiger partial charge >= 0.3 is 0 Å². The molecule has 0 bridgehead atoms. The van der Waals surface area contributed by atoms with Gasteiger partial charge in [-0.1, -0.05) is 0 Å². The van der Waals surface area contributed by atoms with E-state index in [1.807, 2.05) is 10.8 Å². The van der Waals surface area contributed by atoms with Crippen LogP contribution in [0.5, 0.6) is 0 Å². The van der Waals surface area contributed by atoms with E-state index in [4.69, 9.17) is 11.6 Å². The number of aromatic nitrogens is 4. The summed E-state index contributed by atoms with van der Waals surface area (Å²) in [5.74, 6) is -0.341. The van der Waals surface area contributed by atoms with Gasteiger partial charge in [0, 0.05) is 25.5 Å². The summed E-state index contributed by atoms with van der Waals surface area (Å²) in [6.07, 6.45) is 8.37. The fraction of sp³-hybridized carbons (Fsp3) is 0.364. The van der Waals surface area contributed by atoms with Gasteiger partial charge in [-0.05, 0) is 24.4 Å². The number of imidazole rings is 1. The fourth-order valence-electron chi connectivity index (χ4n) is 1.51. The van der Waals surface area contributed by atoms with Gasteiger partial charge in [0.05, 0.1) is 12.5 Å². The third kappa shape index (κ3) is 3.66. The molecule has 0 saturated carbocycles. The molecule has 0 aliphatic carbocycles. The van der Waals surface area contributed by atoms with E-state index in [0.29, 0.717) is 6.54 Å². The molecule has 0 aliphatic heterocycles. The van der Waals surface area contributed by atoms with Crippen LogP contribution < -0.4 is 5.32 Å². The predicted octanol–water partition coefficient (Wildman–Crippen LogP) is 2.36. The molecule has 0 aliphatic rings. The zero-order chi connectivity index (χ0) is 12.8. The third-order valence-electron chi connectivity index (χ3n) is 2.41. The Labute approximate surface area is 109 Å². The minimum absolute atomic E-state index is 0.0392. The Morgan fingerprint density at radius 3 is 3.06 bits per heavy atom. The standard InChI is InChI=1S/C11H13ClFN5/c12-11-16-7-9(13)10(17-11)15-3-1-2-5-18-6-4-14-8-18/h4,6-8H,1-3,5H2,(H,15,16,17). The number of unbranched alkanes of at least 4 members (excludes halogenated alkanes) is 1. The van der Waals surface area contributed by atoms with Crippen LogP contribution in [0.2, 0.25) is 5.28 Å². The monoisotopic (exact) mass is 269 g/mol. The number of hydrogen-bond donors (Lipinski definition) is 1. The van der Waals surface area contributed by atoms with E-state index in [1.54, 1.807) is 12.5 Å². The molecule has 0 radical (unpaired) electrons. The second kappa shape index (κ2) is 6.30. The first-order chi connectivity index (χ1) is 8.75. The second-order valence-corrected chi connectivity index (χ2v) is 4.11. The molecule has 96 valence electrons. The first kappa shape index (κ1) is 12.8. The number of hydrogen-bond acceptors (Lipinski definition) is 4. The summed E-state index contributed by atoms with van der Waals surface area (Å²) in [6.45, 7) is 1.54. The number of anilines is 1. The first-order valence-corrected chi connectivity index (χ1v) is 6.01. The fourth-order valence-corrected chi connectivity index (χ4v) is 1.65. The normalized spacial score (nSPS) is 10.6. The number of nitrogens with zero attached hydrogens (tertiary/aromatic N) is 4. The summed E-state index contributed by atoms with van der Waals surface area (Å²) in [5, 5.41) is 2.94. The lowest BCUT2D eigenvalue weighted by atomic mass is 10.3. The summed E-state index contributed by atoms with van der Waals surface area (Å²) in [6, 6.07) is 0. The summed E-state index contributed by atoms with van der Waals surface area (Å²) in [5.41, 5.74) is 0. The lowest BCUT2D eigenvalue weighted by Crippen LogP contribution is -2.07. The molecule has 18 heavy (non-hydrogen) atoms. The molecule has 0 aromatic carbocycles. The molecule has 5 nitrogen and oxygen atoms in total. The molecule has 2 aromatic rings. The predicted molar refractivity (Wildman–Crippen MR) is 67.0 cm³/mol.